The van der Waals surface area contributed by atoms with Crippen molar-refractivity contribution in [2.24, 2.45) is 0 Å². The highest BCUT2D eigenvalue weighted by Crippen LogP contribution is 2.40. The number of nitrogen functional groups attached to an aromatic ring is 1. The Kier molecular flexibility index (Phi) is 2.81. The van der Waals surface area contributed by atoms with Gasteiger partial charge >= 0.3 is 0 Å². The molecule has 1 aliphatic carbocycles. The summed E-state index contributed by atoms with van der Waals surface area (Å²) in [4.78, 5) is 1.31. The molecule has 1 aromatic heterocycles. The first-order chi connectivity index (χ1) is 8.79. The van der Waals surface area contributed by atoms with Crippen LogP contribution < -0.4 is 5.73 Å². The molecular weight excluding hydrogens is 240 g/mol. The largest absolute Gasteiger partial charge is 0.389 e. The second-order valence-corrected chi connectivity index (χ2v) is 5.84. The van der Waals surface area contributed by atoms with Crippen LogP contribution >= 0.6 is 11.3 Å². The summed E-state index contributed by atoms with van der Waals surface area (Å²) in [5.74, 6) is 0.572. The van der Waals surface area contributed by atoms with Crippen LogP contribution in [0.1, 0.15) is 33.9 Å². The molecule has 1 aliphatic rings. The zero-order valence-corrected chi connectivity index (χ0v) is 10.8. The number of rotatable bonds is 1. The number of fused-ring (bicyclic) bond motifs is 1. The van der Waals surface area contributed by atoms with Crippen molar-refractivity contribution >= 4 is 16.3 Å². The first kappa shape index (κ1) is 11.3. The van der Waals surface area contributed by atoms with E-state index >= 15 is 0 Å². The Morgan fingerprint density at radius 2 is 2.06 bits per heavy atom. The van der Waals surface area contributed by atoms with Crippen LogP contribution in [0.5, 0.6) is 0 Å². The molecule has 0 saturated carbocycles. The topological polar surface area (TPSA) is 49.8 Å². The maximum absolute atomic E-state index is 9.12. The molecule has 1 heterocycles. The molecule has 2 nitrogen and oxygen atoms in total. The van der Waals surface area contributed by atoms with E-state index in [0.717, 1.165) is 24.8 Å². The standard InChI is InChI=1S/C15H14N2S/c16-9-13-12-7-6-11(8-14(12)18-15(13)17)10-4-2-1-3-5-10/h1-5,11H,6-8,17H2/t11-/m0/s1. The Morgan fingerprint density at radius 1 is 1.28 bits per heavy atom. The highest BCUT2D eigenvalue weighted by Gasteiger charge is 2.25. The molecule has 0 fully saturated rings. The molecule has 0 aliphatic heterocycles. The molecule has 0 bridgehead atoms. The number of benzene rings is 1. The van der Waals surface area contributed by atoms with Crippen LogP contribution in [0.15, 0.2) is 30.3 Å². The third kappa shape index (κ3) is 1.79. The SMILES string of the molecule is N#Cc1c(N)sc2c1CC[C@H](c1ccccc1)C2. The van der Waals surface area contributed by atoms with Crippen molar-refractivity contribution in [2.75, 3.05) is 5.73 Å². The summed E-state index contributed by atoms with van der Waals surface area (Å²) in [5.41, 5.74) is 9.23. The Hall–Kier alpha value is -1.79. The fourth-order valence-corrected chi connectivity index (χ4v) is 3.89. The molecule has 3 heteroatoms. The predicted octanol–water partition coefficient (Wildman–Crippen LogP) is 3.47. The van der Waals surface area contributed by atoms with E-state index in [4.69, 9.17) is 11.0 Å². The minimum atomic E-state index is 0.572. The average molecular weight is 254 g/mol. The molecule has 2 N–H and O–H groups in total. The molecule has 0 spiro atoms. The van der Waals surface area contributed by atoms with Crippen LogP contribution in [-0.2, 0) is 12.8 Å². The van der Waals surface area contributed by atoms with E-state index in [1.807, 2.05) is 0 Å². The summed E-state index contributed by atoms with van der Waals surface area (Å²) in [7, 11) is 0. The normalized spacial score (nSPS) is 18.1. The number of nitrogens with two attached hydrogens (primary N) is 1. The van der Waals surface area contributed by atoms with Gasteiger partial charge in [-0.15, -0.1) is 11.3 Å². The van der Waals surface area contributed by atoms with Gasteiger partial charge in [0.05, 0.1) is 5.56 Å². The van der Waals surface area contributed by atoms with Gasteiger partial charge in [-0.25, -0.2) is 0 Å². The third-order valence-corrected chi connectivity index (χ3v) is 4.76. The van der Waals surface area contributed by atoms with Crippen molar-refractivity contribution in [3.63, 3.8) is 0 Å². The van der Waals surface area contributed by atoms with E-state index in [0.29, 0.717) is 10.9 Å². The summed E-state index contributed by atoms with van der Waals surface area (Å²) >= 11 is 1.60. The Morgan fingerprint density at radius 3 is 2.78 bits per heavy atom. The van der Waals surface area contributed by atoms with Crippen LogP contribution in [0.4, 0.5) is 5.00 Å². The molecule has 90 valence electrons. The van der Waals surface area contributed by atoms with Gasteiger partial charge in [0, 0.05) is 4.88 Å². The number of nitrogens with zero attached hydrogens (tertiary/aromatic N) is 1. The second kappa shape index (κ2) is 4.47. The summed E-state index contributed by atoms with van der Waals surface area (Å²) in [6.07, 6.45) is 3.11. The van der Waals surface area contributed by atoms with E-state index in [-0.39, 0.29) is 0 Å². The van der Waals surface area contributed by atoms with E-state index in [9.17, 15) is 0 Å². The Balaban J connectivity index is 1.93. The van der Waals surface area contributed by atoms with Crippen molar-refractivity contribution in [2.45, 2.75) is 25.2 Å². The quantitative estimate of drug-likeness (QED) is 0.847. The zero-order chi connectivity index (χ0) is 12.5. The van der Waals surface area contributed by atoms with Crippen LogP contribution in [0, 0.1) is 11.3 Å². The number of hydrogen-bond donors (Lipinski definition) is 1. The van der Waals surface area contributed by atoms with Crippen molar-refractivity contribution in [3.8, 4) is 6.07 Å². The summed E-state index contributed by atoms with van der Waals surface area (Å²) < 4.78 is 0. The molecule has 1 atom stereocenters. The van der Waals surface area contributed by atoms with Crippen LogP contribution in [-0.4, -0.2) is 0 Å². The second-order valence-electron chi connectivity index (χ2n) is 4.71. The van der Waals surface area contributed by atoms with Gasteiger partial charge in [0.2, 0.25) is 0 Å². The maximum Gasteiger partial charge on any atom is 0.104 e. The predicted molar refractivity (Wildman–Crippen MR) is 74.7 cm³/mol. The van der Waals surface area contributed by atoms with E-state index in [1.165, 1.54) is 16.0 Å². The first-order valence-electron chi connectivity index (χ1n) is 6.14. The molecule has 18 heavy (non-hydrogen) atoms. The molecule has 0 amide bonds. The minimum Gasteiger partial charge on any atom is -0.389 e. The molecule has 0 saturated heterocycles. The van der Waals surface area contributed by atoms with Crippen molar-refractivity contribution < 1.29 is 0 Å². The lowest BCUT2D eigenvalue weighted by atomic mass is 9.83. The number of nitriles is 1. The Bertz CT molecular complexity index is 607. The van der Waals surface area contributed by atoms with Gasteiger partial charge in [-0.1, -0.05) is 30.3 Å². The van der Waals surface area contributed by atoms with Gasteiger partial charge in [0.1, 0.15) is 11.1 Å². The molecule has 0 radical (unpaired) electrons. The molecule has 2 aromatic rings. The van der Waals surface area contributed by atoms with Gasteiger partial charge in [0.25, 0.3) is 0 Å². The van der Waals surface area contributed by atoms with Crippen LogP contribution in [0.2, 0.25) is 0 Å². The third-order valence-electron chi connectivity index (χ3n) is 3.68. The lowest BCUT2D eigenvalue weighted by molar-refractivity contribution is 0.592. The number of thiophene rings is 1. The van der Waals surface area contributed by atoms with Crippen LogP contribution in [0.3, 0.4) is 0 Å². The molecular formula is C15H14N2S. The summed E-state index contributed by atoms with van der Waals surface area (Å²) in [5, 5.41) is 9.81. The molecule has 3 rings (SSSR count). The van der Waals surface area contributed by atoms with Crippen molar-refractivity contribution in [1.29, 1.82) is 5.26 Å². The van der Waals surface area contributed by atoms with E-state index in [1.54, 1.807) is 11.3 Å². The maximum atomic E-state index is 9.12. The highest BCUT2D eigenvalue weighted by molar-refractivity contribution is 7.16. The molecule has 1 aromatic carbocycles. The lowest BCUT2D eigenvalue weighted by Gasteiger charge is -2.22. The van der Waals surface area contributed by atoms with Gasteiger partial charge in [-0.3, -0.25) is 0 Å². The fourth-order valence-electron chi connectivity index (χ4n) is 2.74. The highest BCUT2D eigenvalue weighted by atomic mass is 32.1. The zero-order valence-electron chi connectivity index (χ0n) is 10.0. The van der Waals surface area contributed by atoms with Gasteiger partial charge in [0.15, 0.2) is 0 Å². The summed E-state index contributed by atoms with van der Waals surface area (Å²) in [6, 6.07) is 12.9. The average Bonchev–Trinajstić information content (AvgIpc) is 2.74. The van der Waals surface area contributed by atoms with Gasteiger partial charge in [-0.05, 0) is 36.3 Å². The van der Waals surface area contributed by atoms with Crippen molar-refractivity contribution in [1.82, 2.24) is 0 Å². The van der Waals surface area contributed by atoms with Crippen molar-refractivity contribution in [3.05, 3.63) is 51.9 Å². The fraction of sp³-hybridized carbons (Fsp3) is 0.267. The van der Waals surface area contributed by atoms with E-state index in [2.05, 4.69) is 36.4 Å². The van der Waals surface area contributed by atoms with E-state index < -0.39 is 0 Å². The van der Waals surface area contributed by atoms with Gasteiger partial charge < -0.3 is 5.73 Å². The minimum absolute atomic E-state index is 0.572. The van der Waals surface area contributed by atoms with Crippen LogP contribution in [0.25, 0.3) is 0 Å². The smallest absolute Gasteiger partial charge is 0.104 e. The number of anilines is 1. The number of hydrogen-bond acceptors (Lipinski definition) is 3. The Labute approximate surface area is 111 Å². The monoisotopic (exact) mass is 254 g/mol. The summed E-state index contributed by atoms with van der Waals surface area (Å²) in [6.45, 7) is 0. The molecule has 0 unspecified atom stereocenters. The van der Waals surface area contributed by atoms with Gasteiger partial charge in [-0.2, -0.15) is 5.26 Å². The first-order valence-corrected chi connectivity index (χ1v) is 6.96. The lowest BCUT2D eigenvalue weighted by Crippen LogP contribution is -2.11.